The van der Waals surface area contributed by atoms with Crippen LogP contribution in [0.15, 0.2) is 12.1 Å². The summed E-state index contributed by atoms with van der Waals surface area (Å²) in [4.78, 5) is 5.62. The van der Waals surface area contributed by atoms with Gasteiger partial charge in [0, 0.05) is 34.9 Å². The van der Waals surface area contributed by atoms with Gasteiger partial charge in [0.25, 0.3) is 0 Å². The van der Waals surface area contributed by atoms with E-state index in [1.807, 2.05) is 11.3 Å². The van der Waals surface area contributed by atoms with Gasteiger partial charge in [-0.05, 0) is 51.8 Å². The standard InChI is InChI=1S/C17H30N2S/c1-4-5-6-11-19(14(2)3)13-17-10-9-16(20-17)12-18-15-7-8-15/h9-10,14-15,18H,4-8,11-13H2,1-3H3. The molecule has 1 N–H and O–H groups in total. The number of hydrogen-bond donors (Lipinski definition) is 1. The fraction of sp³-hybridized carbons (Fsp3) is 0.765. The fourth-order valence-corrected chi connectivity index (χ4v) is 3.41. The van der Waals surface area contributed by atoms with Crippen LogP contribution in [0.25, 0.3) is 0 Å². The van der Waals surface area contributed by atoms with Crippen LogP contribution in [0.3, 0.4) is 0 Å². The number of nitrogens with one attached hydrogen (secondary N) is 1. The van der Waals surface area contributed by atoms with E-state index in [2.05, 4.69) is 43.1 Å². The van der Waals surface area contributed by atoms with Gasteiger partial charge in [0.1, 0.15) is 0 Å². The van der Waals surface area contributed by atoms with E-state index in [0.717, 1.165) is 19.1 Å². The Labute approximate surface area is 128 Å². The minimum absolute atomic E-state index is 0.641. The molecule has 1 aromatic rings. The largest absolute Gasteiger partial charge is 0.309 e. The van der Waals surface area contributed by atoms with Gasteiger partial charge in [0.05, 0.1) is 0 Å². The van der Waals surface area contributed by atoms with E-state index in [4.69, 9.17) is 0 Å². The van der Waals surface area contributed by atoms with Crippen molar-refractivity contribution >= 4 is 11.3 Å². The lowest BCUT2D eigenvalue weighted by atomic mass is 10.2. The molecule has 0 amide bonds. The van der Waals surface area contributed by atoms with E-state index in [-0.39, 0.29) is 0 Å². The molecule has 0 spiro atoms. The van der Waals surface area contributed by atoms with Gasteiger partial charge in [-0.15, -0.1) is 11.3 Å². The molecule has 0 unspecified atom stereocenters. The molecule has 0 bridgehead atoms. The lowest BCUT2D eigenvalue weighted by Crippen LogP contribution is -2.30. The van der Waals surface area contributed by atoms with E-state index in [0.29, 0.717) is 6.04 Å². The Hall–Kier alpha value is -0.380. The summed E-state index contributed by atoms with van der Waals surface area (Å²) in [5.74, 6) is 0. The highest BCUT2D eigenvalue weighted by Gasteiger charge is 2.20. The van der Waals surface area contributed by atoms with Crippen LogP contribution in [0.4, 0.5) is 0 Å². The lowest BCUT2D eigenvalue weighted by Gasteiger charge is -2.25. The first-order valence-corrected chi connectivity index (χ1v) is 9.05. The van der Waals surface area contributed by atoms with Crippen LogP contribution in [0.1, 0.15) is 62.6 Å². The molecule has 0 saturated heterocycles. The predicted octanol–water partition coefficient (Wildman–Crippen LogP) is 4.40. The third kappa shape index (κ3) is 5.55. The molecule has 20 heavy (non-hydrogen) atoms. The summed E-state index contributed by atoms with van der Waals surface area (Å²) in [7, 11) is 0. The summed E-state index contributed by atoms with van der Waals surface area (Å²) in [6.07, 6.45) is 6.73. The summed E-state index contributed by atoms with van der Waals surface area (Å²) in [6, 6.07) is 6.08. The molecule has 0 aromatic carbocycles. The first-order chi connectivity index (χ1) is 9.69. The molecule has 1 saturated carbocycles. The Morgan fingerprint density at radius 3 is 2.65 bits per heavy atom. The van der Waals surface area contributed by atoms with Crippen molar-refractivity contribution in [1.29, 1.82) is 0 Å². The quantitative estimate of drug-likeness (QED) is 0.643. The van der Waals surface area contributed by atoms with E-state index >= 15 is 0 Å². The van der Waals surface area contributed by atoms with Crippen molar-refractivity contribution in [2.45, 2.75) is 78.0 Å². The van der Waals surface area contributed by atoms with Crippen molar-refractivity contribution < 1.29 is 0 Å². The minimum atomic E-state index is 0.641. The lowest BCUT2D eigenvalue weighted by molar-refractivity contribution is 0.210. The van der Waals surface area contributed by atoms with E-state index in [1.54, 1.807) is 0 Å². The Morgan fingerprint density at radius 2 is 2.00 bits per heavy atom. The molecule has 2 rings (SSSR count). The maximum Gasteiger partial charge on any atom is 0.0330 e. The van der Waals surface area contributed by atoms with Crippen molar-refractivity contribution in [3.05, 3.63) is 21.9 Å². The summed E-state index contributed by atoms with van der Waals surface area (Å²) < 4.78 is 0. The number of thiophene rings is 1. The van der Waals surface area contributed by atoms with Crippen molar-refractivity contribution in [3.63, 3.8) is 0 Å². The molecule has 1 aromatic heterocycles. The molecule has 2 nitrogen and oxygen atoms in total. The highest BCUT2D eigenvalue weighted by Crippen LogP contribution is 2.23. The molecule has 1 fully saturated rings. The van der Waals surface area contributed by atoms with Crippen LogP contribution >= 0.6 is 11.3 Å². The van der Waals surface area contributed by atoms with Crippen LogP contribution < -0.4 is 5.32 Å². The number of rotatable bonds is 10. The first-order valence-electron chi connectivity index (χ1n) is 8.24. The zero-order chi connectivity index (χ0) is 14.4. The number of unbranched alkanes of at least 4 members (excludes halogenated alkanes) is 2. The Morgan fingerprint density at radius 1 is 1.25 bits per heavy atom. The average molecular weight is 295 g/mol. The van der Waals surface area contributed by atoms with Crippen LogP contribution in [0, 0.1) is 0 Å². The van der Waals surface area contributed by atoms with E-state index in [1.165, 1.54) is 48.4 Å². The molecule has 0 radical (unpaired) electrons. The summed E-state index contributed by atoms with van der Waals surface area (Å²) >= 11 is 1.98. The average Bonchev–Trinajstić information content (AvgIpc) is 3.15. The van der Waals surface area contributed by atoms with Gasteiger partial charge in [-0.2, -0.15) is 0 Å². The molecule has 0 aliphatic heterocycles. The molecule has 1 aliphatic rings. The maximum absolute atomic E-state index is 3.60. The third-order valence-electron chi connectivity index (χ3n) is 4.00. The Bertz CT molecular complexity index is 382. The Balaban J connectivity index is 1.78. The highest BCUT2D eigenvalue weighted by atomic mass is 32.1. The zero-order valence-corrected chi connectivity index (χ0v) is 14.1. The van der Waals surface area contributed by atoms with Gasteiger partial charge < -0.3 is 5.32 Å². The zero-order valence-electron chi connectivity index (χ0n) is 13.3. The second-order valence-electron chi connectivity index (χ2n) is 6.29. The molecule has 114 valence electrons. The second kappa shape index (κ2) is 8.16. The third-order valence-corrected chi connectivity index (χ3v) is 5.07. The molecular formula is C17H30N2S. The maximum atomic E-state index is 3.60. The smallest absolute Gasteiger partial charge is 0.0330 e. The van der Waals surface area contributed by atoms with Crippen LogP contribution in [-0.2, 0) is 13.1 Å². The monoisotopic (exact) mass is 294 g/mol. The number of hydrogen-bond acceptors (Lipinski definition) is 3. The summed E-state index contributed by atoms with van der Waals surface area (Å²) in [5.41, 5.74) is 0. The molecule has 1 aliphatic carbocycles. The van der Waals surface area contributed by atoms with Crippen LogP contribution in [0.2, 0.25) is 0 Å². The van der Waals surface area contributed by atoms with E-state index < -0.39 is 0 Å². The Kier molecular flexibility index (Phi) is 6.53. The topological polar surface area (TPSA) is 15.3 Å². The van der Waals surface area contributed by atoms with Crippen molar-refractivity contribution in [2.24, 2.45) is 0 Å². The van der Waals surface area contributed by atoms with Crippen LogP contribution in [0.5, 0.6) is 0 Å². The summed E-state index contributed by atoms with van der Waals surface area (Å²) in [5, 5.41) is 3.60. The van der Waals surface area contributed by atoms with Crippen LogP contribution in [-0.4, -0.2) is 23.5 Å². The predicted molar refractivity (Wildman–Crippen MR) is 89.3 cm³/mol. The van der Waals surface area contributed by atoms with Gasteiger partial charge in [0.2, 0.25) is 0 Å². The van der Waals surface area contributed by atoms with Crippen molar-refractivity contribution in [3.8, 4) is 0 Å². The molecule has 3 heteroatoms. The van der Waals surface area contributed by atoms with Gasteiger partial charge >= 0.3 is 0 Å². The molecule has 1 heterocycles. The van der Waals surface area contributed by atoms with E-state index in [9.17, 15) is 0 Å². The van der Waals surface area contributed by atoms with Gasteiger partial charge in [-0.3, -0.25) is 4.90 Å². The molecule has 0 atom stereocenters. The van der Waals surface area contributed by atoms with Gasteiger partial charge in [0.15, 0.2) is 0 Å². The SMILES string of the molecule is CCCCCN(Cc1ccc(CNC2CC2)s1)C(C)C. The first kappa shape index (κ1) is 16.0. The molecular weight excluding hydrogens is 264 g/mol. The minimum Gasteiger partial charge on any atom is -0.309 e. The second-order valence-corrected chi connectivity index (χ2v) is 7.55. The number of nitrogens with zero attached hydrogens (tertiary/aromatic N) is 1. The van der Waals surface area contributed by atoms with Crippen molar-refractivity contribution in [2.75, 3.05) is 6.54 Å². The van der Waals surface area contributed by atoms with Gasteiger partial charge in [-0.1, -0.05) is 19.8 Å². The highest BCUT2D eigenvalue weighted by molar-refractivity contribution is 7.11. The fourth-order valence-electron chi connectivity index (χ4n) is 2.42. The van der Waals surface area contributed by atoms with Crippen molar-refractivity contribution in [1.82, 2.24) is 10.2 Å². The normalized spacial score (nSPS) is 15.4. The summed E-state index contributed by atoms with van der Waals surface area (Å²) in [6.45, 7) is 10.3. The van der Waals surface area contributed by atoms with Gasteiger partial charge in [-0.25, -0.2) is 0 Å².